The summed E-state index contributed by atoms with van der Waals surface area (Å²) in [6.45, 7) is 3.41. The Bertz CT molecular complexity index is 865. The molecule has 2 aromatic rings. The third kappa shape index (κ3) is 3.99. The molecule has 2 aliphatic rings. The molecule has 1 aromatic carbocycles. The maximum atomic E-state index is 13.0. The summed E-state index contributed by atoms with van der Waals surface area (Å²) in [6, 6.07) is 7.71. The van der Waals surface area contributed by atoms with Crippen LogP contribution < -0.4 is 5.32 Å². The number of aromatic nitrogens is 2. The molecule has 2 amide bonds. The number of nitrogens with zero attached hydrogens (tertiary/aromatic N) is 4. The van der Waals surface area contributed by atoms with E-state index in [9.17, 15) is 9.59 Å². The number of amides is 2. The predicted octanol–water partition coefficient (Wildman–Crippen LogP) is 1.44. The van der Waals surface area contributed by atoms with E-state index in [1.807, 2.05) is 29.2 Å². The van der Waals surface area contributed by atoms with Crippen molar-refractivity contribution in [3.05, 3.63) is 36.2 Å². The summed E-state index contributed by atoms with van der Waals surface area (Å²) >= 11 is 0. The fourth-order valence-corrected chi connectivity index (χ4v) is 4.22. The number of likely N-dealkylation sites (tertiary alicyclic amines) is 1. The molecule has 7 heteroatoms. The van der Waals surface area contributed by atoms with E-state index < -0.39 is 0 Å². The van der Waals surface area contributed by atoms with Crippen LogP contribution in [0.4, 0.5) is 0 Å². The van der Waals surface area contributed by atoms with Crippen LogP contribution in [0.2, 0.25) is 0 Å². The molecule has 2 aliphatic heterocycles. The molecule has 2 fully saturated rings. The number of piperidine rings is 1. The van der Waals surface area contributed by atoms with Gasteiger partial charge in [-0.15, -0.1) is 0 Å². The normalized spacial score (nSPS) is 22.4. The van der Waals surface area contributed by atoms with Gasteiger partial charge >= 0.3 is 0 Å². The van der Waals surface area contributed by atoms with E-state index in [0.717, 1.165) is 42.7 Å². The Morgan fingerprint density at radius 2 is 1.86 bits per heavy atom. The van der Waals surface area contributed by atoms with Crippen LogP contribution in [0.25, 0.3) is 11.0 Å². The van der Waals surface area contributed by atoms with Crippen molar-refractivity contribution < 1.29 is 9.59 Å². The second kappa shape index (κ2) is 8.22. The van der Waals surface area contributed by atoms with E-state index in [1.54, 1.807) is 18.1 Å². The number of carbonyl (C=O) groups is 2. The monoisotopic (exact) mass is 381 g/mol. The second-order valence-electron chi connectivity index (χ2n) is 7.86. The molecule has 0 aliphatic carbocycles. The van der Waals surface area contributed by atoms with E-state index in [2.05, 4.69) is 15.3 Å². The lowest BCUT2D eigenvalue weighted by Gasteiger charge is -2.33. The van der Waals surface area contributed by atoms with Crippen LogP contribution in [0.15, 0.2) is 30.5 Å². The minimum absolute atomic E-state index is 0.0568. The molecule has 0 saturated carbocycles. The first-order valence-electron chi connectivity index (χ1n) is 10.1. The van der Waals surface area contributed by atoms with Gasteiger partial charge in [-0.25, -0.2) is 4.98 Å². The Kier molecular flexibility index (Phi) is 5.52. The maximum absolute atomic E-state index is 13.0. The van der Waals surface area contributed by atoms with Crippen molar-refractivity contribution >= 4 is 22.8 Å². The van der Waals surface area contributed by atoms with E-state index in [4.69, 9.17) is 0 Å². The highest BCUT2D eigenvalue weighted by Crippen LogP contribution is 2.23. The van der Waals surface area contributed by atoms with Gasteiger partial charge in [0, 0.05) is 33.2 Å². The smallest absolute Gasteiger partial charge is 0.227 e. The average Bonchev–Trinajstić information content (AvgIpc) is 3.27. The molecule has 28 heavy (non-hydrogen) atoms. The van der Waals surface area contributed by atoms with Crippen LogP contribution in [-0.2, 0) is 16.1 Å². The molecular formula is C21H27N5O2. The lowest BCUT2D eigenvalue weighted by molar-refractivity contribution is -0.139. The molecule has 1 aromatic heterocycles. The Hall–Kier alpha value is -2.54. The van der Waals surface area contributed by atoms with Crippen LogP contribution in [0.1, 0.15) is 25.0 Å². The number of para-hydroxylation sites is 2. The molecule has 0 spiro atoms. The summed E-state index contributed by atoms with van der Waals surface area (Å²) in [4.78, 5) is 38.3. The largest absolute Gasteiger partial charge is 0.342 e. The zero-order valence-electron chi connectivity index (χ0n) is 16.3. The molecule has 3 heterocycles. The SMILES string of the molecule is CN(Cc1cnc2ccccc2n1)C(=O)[C@H]1CNC[C@@H](C(=O)N2CCCC2)C1. The van der Waals surface area contributed by atoms with Crippen LogP contribution in [0.3, 0.4) is 0 Å². The zero-order valence-corrected chi connectivity index (χ0v) is 16.3. The molecule has 0 unspecified atom stereocenters. The molecular weight excluding hydrogens is 354 g/mol. The summed E-state index contributed by atoms with van der Waals surface area (Å²) in [6.07, 6.45) is 4.52. The molecule has 2 atom stereocenters. The van der Waals surface area contributed by atoms with E-state index in [1.165, 1.54) is 0 Å². The Morgan fingerprint density at radius 3 is 2.64 bits per heavy atom. The van der Waals surface area contributed by atoms with Crippen LogP contribution >= 0.6 is 0 Å². The standard InChI is InChI=1S/C21H27N5O2/c1-25(14-17-13-23-18-6-2-3-7-19(18)24-17)20(27)15-10-16(12-22-11-15)21(28)26-8-4-5-9-26/h2-3,6-7,13,15-16,22H,4-5,8-12,14H2,1H3/t15-,16+/m1/s1. The van der Waals surface area contributed by atoms with E-state index in [0.29, 0.717) is 26.1 Å². The number of hydrogen-bond donors (Lipinski definition) is 1. The molecule has 1 N–H and O–H groups in total. The van der Waals surface area contributed by atoms with E-state index >= 15 is 0 Å². The van der Waals surface area contributed by atoms with Crippen molar-refractivity contribution in [2.75, 3.05) is 33.2 Å². The van der Waals surface area contributed by atoms with Crippen molar-refractivity contribution in [3.63, 3.8) is 0 Å². The van der Waals surface area contributed by atoms with Crippen molar-refractivity contribution in [1.29, 1.82) is 0 Å². The molecule has 0 bridgehead atoms. The van der Waals surface area contributed by atoms with Gasteiger partial charge in [0.1, 0.15) is 0 Å². The predicted molar refractivity (Wildman–Crippen MR) is 106 cm³/mol. The second-order valence-corrected chi connectivity index (χ2v) is 7.86. The van der Waals surface area contributed by atoms with Gasteiger partial charge < -0.3 is 15.1 Å². The molecule has 7 nitrogen and oxygen atoms in total. The molecule has 148 valence electrons. The molecule has 4 rings (SSSR count). The molecule has 2 saturated heterocycles. The van der Waals surface area contributed by atoms with Gasteiger partial charge in [0.25, 0.3) is 0 Å². The Balaban J connectivity index is 1.38. The summed E-state index contributed by atoms with van der Waals surface area (Å²) in [5, 5.41) is 3.29. The number of nitrogens with one attached hydrogen (secondary N) is 1. The maximum Gasteiger partial charge on any atom is 0.227 e. The first-order chi connectivity index (χ1) is 13.6. The summed E-state index contributed by atoms with van der Waals surface area (Å²) in [5.74, 6) is -0.0229. The van der Waals surface area contributed by atoms with Crippen molar-refractivity contribution in [2.24, 2.45) is 11.8 Å². The summed E-state index contributed by atoms with van der Waals surface area (Å²) in [7, 11) is 1.80. The minimum Gasteiger partial charge on any atom is -0.342 e. The lowest BCUT2D eigenvalue weighted by atomic mass is 9.88. The fraction of sp³-hybridized carbons (Fsp3) is 0.524. The lowest BCUT2D eigenvalue weighted by Crippen LogP contribution is -2.49. The van der Waals surface area contributed by atoms with Crippen molar-refractivity contribution in [3.8, 4) is 0 Å². The number of benzene rings is 1. The third-order valence-electron chi connectivity index (χ3n) is 5.74. The number of carbonyl (C=O) groups excluding carboxylic acids is 2. The van der Waals surface area contributed by atoms with Crippen LogP contribution in [0.5, 0.6) is 0 Å². The number of fused-ring (bicyclic) bond motifs is 1. The first kappa shape index (κ1) is 18.8. The summed E-state index contributed by atoms with van der Waals surface area (Å²) < 4.78 is 0. The third-order valence-corrected chi connectivity index (χ3v) is 5.74. The zero-order chi connectivity index (χ0) is 19.5. The topological polar surface area (TPSA) is 78.4 Å². The van der Waals surface area contributed by atoms with Gasteiger partial charge in [0.05, 0.1) is 41.3 Å². The van der Waals surface area contributed by atoms with Crippen LogP contribution in [0, 0.1) is 11.8 Å². The first-order valence-corrected chi connectivity index (χ1v) is 10.1. The van der Waals surface area contributed by atoms with Crippen LogP contribution in [-0.4, -0.2) is 64.8 Å². The van der Waals surface area contributed by atoms with Crippen molar-refractivity contribution in [1.82, 2.24) is 25.1 Å². The summed E-state index contributed by atoms with van der Waals surface area (Å²) in [5.41, 5.74) is 2.44. The highest BCUT2D eigenvalue weighted by molar-refractivity contribution is 5.83. The van der Waals surface area contributed by atoms with Gasteiger partial charge in [0.15, 0.2) is 0 Å². The quantitative estimate of drug-likeness (QED) is 0.867. The Labute approximate surface area is 165 Å². The van der Waals surface area contributed by atoms with Gasteiger partial charge in [0.2, 0.25) is 11.8 Å². The van der Waals surface area contributed by atoms with Gasteiger partial charge in [-0.05, 0) is 31.4 Å². The van der Waals surface area contributed by atoms with Gasteiger partial charge in [-0.3, -0.25) is 14.6 Å². The van der Waals surface area contributed by atoms with Crippen molar-refractivity contribution in [2.45, 2.75) is 25.8 Å². The van der Waals surface area contributed by atoms with E-state index in [-0.39, 0.29) is 23.7 Å². The minimum atomic E-state index is -0.177. The number of rotatable bonds is 4. The fourth-order valence-electron chi connectivity index (χ4n) is 4.22. The Morgan fingerprint density at radius 1 is 1.14 bits per heavy atom. The average molecular weight is 381 g/mol. The molecule has 0 radical (unpaired) electrons. The van der Waals surface area contributed by atoms with Gasteiger partial charge in [-0.1, -0.05) is 12.1 Å². The highest BCUT2D eigenvalue weighted by atomic mass is 16.2. The van der Waals surface area contributed by atoms with Gasteiger partial charge in [-0.2, -0.15) is 0 Å². The number of hydrogen-bond acceptors (Lipinski definition) is 5. The highest BCUT2D eigenvalue weighted by Gasteiger charge is 2.35.